The smallest absolute Gasteiger partial charge is 0.363 e. The molecule has 1 aromatic heterocycles. The number of carbonyl (C=O) groups excluding carboxylic acids is 2. The highest BCUT2D eigenvalue weighted by atomic mass is 32.1. The number of hydrogen-bond donors (Lipinski definition) is 0. The van der Waals surface area contributed by atoms with Gasteiger partial charge in [0.05, 0.1) is 5.51 Å². The van der Waals surface area contributed by atoms with Crippen molar-refractivity contribution in [2.45, 2.75) is 32.5 Å². The maximum Gasteiger partial charge on any atom is 0.363 e. The number of aromatic nitrogens is 1. The highest BCUT2D eigenvalue weighted by molar-refractivity contribution is 7.07. The van der Waals surface area contributed by atoms with E-state index in [1.807, 2.05) is 60.7 Å². The molecule has 2 aromatic carbocycles. The number of carbonyl (C=O) groups is 2. The molecule has 0 aliphatic rings. The summed E-state index contributed by atoms with van der Waals surface area (Å²) < 4.78 is 11.0. The van der Waals surface area contributed by atoms with Crippen molar-refractivity contribution in [1.82, 2.24) is 4.98 Å². The molecule has 3 aromatic rings. The summed E-state index contributed by atoms with van der Waals surface area (Å²) in [6.07, 6.45) is -0.653. The quantitative estimate of drug-likeness (QED) is 0.283. The van der Waals surface area contributed by atoms with E-state index in [0.717, 1.165) is 11.1 Å². The summed E-state index contributed by atoms with van der Waals surface area (Å²) in [6.45, 7) is 4.80. The zero-order valence-electron chi connectivity index (χ0n) is 18.1. The topological polar surface area (TPSA) is 87.1 Å². The van der Waals surface area contributed by atoms with Gasteiger partial charge < -0.3 is 14.3 Å². The minimum atomic E-state index is -0.724. The number of thiazole rings is 1. The van der Waals surface area contributed by atoms with Crippen LogP contribution >= 0.6 is 11.3 Å². The molecule has 3 rings (SSSR count). The Morgan fingerprint density at radius 1 is 1.00 bits per heavy atom. The number of rotatable bonds is 8. The van der Waals surface area contributed by atoms with Crippen LogP contribution in [0.2, 0.25) is 0 Å². The van der Waals surface area contributed by atoms with Crippen molar-refractivity contribution in [2.75, 3.05) is 6.61 Å². The van der Waals surface area contributed by atoms with Crippen LogP contribution < -0.4 is 0 Å². The number of ether oxygens (including phenoxy) is 2. The average molecular weight is 453 g/mol. The van der Waals surface area contributed by atoms with Crippen LogP contribution in [0.15, 0.2) is 76.7 Å². The lowest BCUT2D eigenvalue weighted by Gasteiger charge is -2.19. The molecule has 0 fully saturated rings. The SMILES string of the molecule is CC(C)(C)OC(=O)CON=C(C(=O)OC(c1ccccc1)c1ccccc1)c1cscn1. The Labute approximate surface area is 190 Å². The molecule has 0 unspecified atom stereocenters. The fourth-order valence-corrected chi connectivity index (χ4v) is 3.32. The molecule has 32 heavy (non-hydrogen) atoms. The van der Waals surface area contributed by atoms with Crippen LogP contribution in [-0.4, -0.2) is 34.8 Å². The zero-order chi connectivity index (χ0) is 23.0. The lowest BCUT2D eigenvalue weighted by molar-refractivity contribution is -0.160. The van der Waals surface area contributed by atoms with Gasteiger partial charge in [-0.05, 0) is 31.9 Å². The lowest BCUT2D eigenvalue weighted by Crippen LogP contribution is -2.27. The Morgan fingerprint density at radius 3 is 2.09 bits per heavy atom. The van der Waals surface area contributed by atoms with E-state index in [-0.39, 0.29) is 5.71 Å². The fourth-order valence-electron chi connectivity index (χ4n) is 2.79. The van der Waals surface area contributed by atoms with E-state index in [0.29, 0.717) is 5.69 Å². The van der Waals surface area contributed by atoms with E-state index in [9.17, 15) is 9.59 Å². The van der Waals surface area contributed by atoms with E-state index in [1.54, 1.807) is 31.7 Å². The van der Waals surface area contributed by atoms with Crippen molar-refractivity contribution in [3.8, 4) is 0 Å². The van der Waals surface area contributed by atoms with Crippen LogP contribution in [0.25, 0.3) is 0 Å². The molecule has 7 nitrogen and oxygen atoms in total. The van der Waals surface area contributed by atoms with Gasteiger partial charge in [0.1, 0.15) is 11.3 Å². The number of oxime groups is 1. The molecule has 0 amide bonds. The minimum absolute atomic E-state index is 0.133. The summed E-state index contributed by atoms with van der Waals surface area (Å²) in [5.41, 5.74) is 2.69. The fraction of sp³-hybridized carbons (Fsp3) is 0.250. The van der Waals surface area contributed by atoms with Gasteiger partial charge in [-0.1, -0.05) is 65.8 Å². The first kappa shape index (κ1) is 23.1. The predicted molar refractivity (Wildman–Crippen MR) is 121 cm³/mol. The molecule has 0 atom stereocenters. The second kappa shape index (κ2) is 10.7. The van der Waals surface area contributed by atoms with Crippen molar-refractivity contribution < 1.29 is 23.9 Å². The number of hydrogen-bond acceptors (Lipinski definition) is 8. The minimum Gasteiger partial charge on any atom is -0.457 e. The number of esters is 2. The van der Waals surface area contributed by atoms with Gasteiger partial charge in [-0.25, -0.2) is 14.6 Å². The molecule has 0 saturated heterocycles. The highest BCUT2D eigenvalue weighted by Crippen LogP contribution is 2.26. The van der Waals surface area contributed by atoms with Crippen molar-refractivity contribution in [3.63, 3.8) is 0 Å². The first-order valence-electron chi connectivity index (χ1n) is 9.95. The van der Waals surface area contributed by atoms with Gasteiger partial charge in [0, 0.05) is 5.38 Å². The van der Waals surface area contributed by atoms with Gasteiger partial charge >= 0.3 is 11.9 Å². The molecule has 0 radical (unpaired) electrons. The first-order chi connectivity index (χ1) is 15.3. The second-order valence-electron chi connectivity index (χ2n) is 7.78. The van der Waals surface area contributed by atoms with Gasteiger partial charge in [0.25, 0.3) is 0 Å². The second-order valence-corrected chi connectivity index (χ2v) is 8.50. The molecule has 0 bridgehead atoms. The van der Waals surface area contributed by atoms with Gasteiger partial charge in [-0.3, -0.25) is 0 Å². The molecule has 1 heterocycles. The Balaban J connectivity index is 1.81. The Morgan fingerprint density at radius 2 is 1.59 bits per heavy atom. The van der Waals surface area contributed by atoms with E-state index < -0.39 is 30.3 Å². The Bertz CT molecular complexity index is 1010. The molecule has 0 saturated carbocycles. The van der Waals surface area contributed by atoms with Crippen molar-refractivity contribution in [1.29, 1.82) is 0 Å². The maximum atomic E-state index is 13.1. The van der Waals surface area contributed by atoms with Crippen molar-refractivity contribution in [3.05, 3.63) is 88.4 Å². The monoisotopic (exact) mass is 452 g/mol. The summed E-state index contributed by atoms with van der Waals surface area (Å²) in [6, 6.07) is 18.8. The summed E-state index contributed by atoms with van der Waals surface area (Å²) in [7, 11) is 0. The van der Waals surface area contributed by atoms with Gasteiger partial charge in [-0.15, -0.1) is 11.3 Å². The molecule has 8 heteroatoms. The zero-order valence-corrected chi connectivity index (χ0v) is 18.9. The van der Waals surface area contributed by atoms with Crippen LogP contribution in [0, 0.1) is 0 Å². The third-order valence-electron chi connectivity index (χ3n) is 4.06. The summed E-state index contributed by atoms with van der Waals surface area (Å²) in [5, 5.41) is 5.51. The Hall–Kier alpha value is -3.52. The lowest BCUT2D eigenvalue weighted by atomic mass is 10.0. The van der Waals surface area contributed by atoms with E-state index in [2.05, 4.69) is 10.1 Å². The van der Waals surface area contributed by atoms with E-state index in [4.69, 9.17) is 14.3 Å². The maximum absolute atomic E-state index is 13.1. The third kappa shape index (κ3) is 6.75. The van der Waals surface area contributed by atoms with Crippen LogP contribution in [0.4, 0.5) is 0 Å². The molecule has 0 N–H and O–H groups in total. The standard InChI is InChI=1S/C24H24N2O5S/c1-24(2,3)31-20(27)14-29-26-21(19-15-32-16-25-19)23(28)30-22(17-10-6-4-7-11-17)18-12-8-5-9-13-18/h4-13,15-16,22H,14H2,1-3H3. The summed E-state index contributed by atoms with van der Waals surface area (Å²) in [5.74, 6) is -1.32. The molecule has 0 aliphatic heterocycles. The largest absolute Gasteiger partial charge is 0.457 e. The molecule has 166 valence electrons. The van der Waals surface area contributed by atoms with Crippen molar-refractivity contribution >= 4 is 29.0 Å². The average Bonchev–Trinajstić information content (AvgIpc) is 3.29. The molecule has 0 spiro atoms. The molecular weight excluding hydrogens is 428 g/mol. The normalized spacial score (nSPS) is 11.8. The summed E-state index contributed by atoms with van der Waals surface area (Å²) >= 11 is 1.30. The predicted octanol–water partition coefficient (Wildman–Crippen LogP) is 4.54. The van der Waals surface area contributed by atoms with E-state index >= 15 is 0 Å². The highest BCUT2D eigenvalue weighted by Gasteiger charge is 2.26. The van der Waals surface area contributed by atoms with E-state index in [1.165, 1.54) is 11.3 Å². The third-order valence-corrected chi connectivity index (χ3v) is 4.64. The summed E-state index contributed by atoms with van der Waals surface area (Å²) in [4.78, 5) is 34.3. The number of benzene rings is 2. The van der Waals surface area contributed by atoms with Gasteiger partial charge in [0.2, 0.25) is 12.3 Å². The van der Waals surface area contributed by atoms with Crippen LogP contribution in [0.1, 0.15) is 43.7 Å². The number of nitrogens with zero attached hydrogens (tertiary/aromatic N) is 2. The van der Waals surface area contributed by atoms with Crippen LogP contribution in [0.3, 0.4) is 0 Å². The van der Waals surface area contributed by atoms with Gasteiger partial charge in [0.15, 0.2) is 6.10 Å². The van der Waals surface area contributed by atoms with Crippen LogP contribution in [-0.2, 0) is 23.9 Å². The van der Waals surface area contributed by atoms with Crippen LogP contribution in [0.5, 0.6) is 0 Å². The first-order valence-corrected chi connectivity index (χ1v) is 10.9. The van der Waals surface area contributed by atoms with Crippen molar-refractivity contribution in [2.24, 2.45) is 5.16 Å². The molecule has 0 aliphatic carbocycles. The molecular formula is C24H24N2O5S. The van der Waals surface area contributed by atoms with Gasteiger partial charge in [-0.2, -0.15) is 0 Å². The Kier molecular flexibility index (Phi) is 7.72.